The van der Waals surface area contributed by atoms with Crippen molar-refractivity contribution in [1.82, 2.24) is 9.80 Å². The van der Waals surface area contributed by atoms with Crippen LogP contribution in [-0.4, -0.2) is 47.8 Å². The molecule has 152 valence electrons. The Labute approximate surface area is 177 Å². The highest BCUT2D eigenvalue weighted by Crippen LogP contribution is 2.20. The van der Waals surface area contributed by atoms with Gasteiger partial charge in [0.1, 0.15) is 0 Å². The van der Waals surface area contributed by atoms with Gasteiger partial charge in [0.25, 0.3) is 5.91 Å². The molecule has 1 saturated heterocycles. The zero-order valence-electron chi connectivity index (χ0n) is 17.0. The van der Waals surface area contributed by atoms with Crippen molar-refractivity contribution in [3.8, 4) is 11.1 Å². The van der Waals surface area contributed by atoms with E-state index >= 15 is 0 Å². The minimum Gasteiger partial charge on any atom is -0.339 e. The van der Waals surface area contributed by atoms with Gasteiger partial charge in [-0.1, -0.05) is 72.8 Å². The van der Waals surface area contributed by atoms with Crippen LogP contribution >= 0.6 is 0 Å². The Morgan fingerprint density at radius 3 is 1.80 bits per heavy atom. The Morgan fingerprint density at radius 2 is 1.17 bits per heavy atom. The van der Waals surface area contributed by atoms with Crippen molar-refractivity contribution in [3.63, 3.8) is 0 Å². The monoisotopic (exact) mass is 398 g/mol. The summed E-state index contributed by atoms with van der Waals surface area (Å²) in [5, 5.41) is 0. The van der Waals surface area contributed by atoms with Crippen LogP contribution in [0, 0.1) is 0 Å². The highest BCUT2D eigenvalue weighted by Gasteiger charge is 2.24. The molecule has 1 fully saturated rings. The van der Waals surface area contributed by atoms with Crippen LogP contribution in [0.1, 0.15) is 22.3 Å². The second kappa shape index (κ2) is 9.40. The van der Waals surface area contributed by atoms with E-state index in [1.54, 1.807) is 0 Å². The summed E-state index contributed by atoms with van der Waals surface area (Å²) in [4.78, 5) is 29.1. The maximum Gasteiger partial charge on any atom is 0.253 e. The first-order valence-electron chi connectivity index (χ1n) is 10.5. The van der Waals surface area contributed by atoms with Crippen molar-refractivity contribution in [1.29, 1.82) is 0 Å². The number of amides is 2. The van der Waals surface area contributed by atoms with Gasteiger partial charge in [0.05, 0.1) is 0 Å². The van der Waals surface area contributed by atoms with Crippen molar-refractivity contribution in [2.75, 3.05) is 26.2 Å². The van der Waals surface area contributed by atoms with Crippen LogP contribution < -0.4 is 0 Å². The van der Waals surface area contributed by atoms with Gasteiger partial charge in [-0.2, -0.15) is 0 Å². The molecule has 3 aromatic carbocycles. The topological polar surface area (TPSA) is 40.6 Å². The number of hydrogen-bond donors (Lipinski definition) is 0. The second-order valence-corrected chi connectivity index (χ2v) is 7.60. The quantitative estimate of drug-likeness (QED) is 0.644. The van der Waals surface area contributed by atoms with Gasteiger partial charge in [-0.25, -0.2) is 0 Å². The largest absolute Gasteiger partial charge is 0.339 e. The first-order chi connectivity index (χ1) is 14.7. The van der Waals surface area contributed by atoms with E-state index in [9.17, 15) is 9.59 Å². The van der Waals surface area contributed by atoms with E-state index in [4.69, 9.17) is 0 Å². The zero-order chi connectivity index (χ0) is 20.8. The number of aryl methyl sites for hydroxylation is 1. The molecule has 1 aliphatic heterocycles. The number of piperazine rings is 1. The first-order valence-corrected chi connectivity index (χ1v) is 10.5. The smallest absolute Gasteiger partial charge is 0.253 e. The molecule has 1 aliphatic rings. The summed E-state index contributed by atoms with van der Waals surface area (Å²) in [7, 11) is 0. The van der Waals surface area contributed by atoms with Gasteiger partial charge in [-0.15, -0.1) is 0 Å². The molecule has 0 aromatic heterocycles. The first kappa shape index (κ1) is 19.9. The molecule has 4 rings (SSSR count). The SMILES string of the molecule is O=C(CCc1ccccc1)N1CCN(C(=O)c2ccc(-c3ccccc3)cc2)CC1. The third-order valence-electron chi connectivity index (χ3n) is 5.63. The molecule has 0 bridgehead atoms. The second-order valence-electron chi connectivity index (χ2n) is 7.60. The Hall–Kier alpha value is -3.40. The van der Waals surface area contributed by atoms with Gasteiger partial charge in [-0.05, 0) is 35.2 Å². The van der Waals surface area contributed by atoms with Crippen LogP contribution in [0.4, 0.5) is 0 Å². The maximum absolute atomic E-state index is 12.9. The molecule has 2 amide bonds. The average molecular weight is 399 g/mol. The van der Waals surface area contributed by atoms with Crippen LogP contribution in [0.3, 0.4) is 0 Å². The molecule has 0 N–H and O–H groups in total. The summed E-state index contributed by atoms with van der Waals surface area (Å²) >= 11 is 0. The fourth-order valence-electron chi connectivity index (χ4n) is 3.83. The van der Waals surface area contributed by atoms with Gasteiger partial charge in [0.2, 0.25) is 5.91 Å². The number of benzene rings is 3. The number of hydrogen-bond acceptors (Lipinski definition) is 2. The molecule has 4 nitrogen and oxygen atoms in total. The Bertz CT molecular complexity index is 977. The number of carbonyl (C=O) groups is 2. The normalized spacial score (nSPS) is 13.9. The van der Waals surface area contributed by atoms with Crippen molar-refractivity contribution >= 4 is 11.8 Å². The van der Waals surface area contributed by atoms with Crippen LogP contribution in [0.5, 0.6) is 0 Å². The van der Waals surface area contributed by atoms with Crippen molar-refractivity contribution in [2.45, 2.75) is 12.8 Å². The molecule has 0 spiro atoms. The van der Waals surface area contributed by atoms with E-state index in [0.717, 1.165) is 17.5 Å². The lowest BCUT2D eigenvalue weighted by Gasteiger charge is -2.35. The summed E-state index contributed by atoms with van der Waals surface area (Å²) in [6.07, 6.45) is 1.27. The predicted octanol–water partition coefficient (Wildman–Crippen LogP) is 4.27. The van der Waals surface area contributed by atoms with Gasteiger partial charge in [-0.3, -0.25) is 9.59 Å². The lowest BCUT2D eigenvalue weighted by Crippen LogP contribution is -2.50. The molecule has 0 aliphatic carbocycles. The molecule has 0 saturated carbocycles. The van der Waals surface area contributed by atoms with E-state index in [1.165, 1.54) is 5.56 Å². The minimum atomic E-state index is 0.0333. The molecule has 30 heavy (non-hydrogen) atoms. The number of carbonyl (C=O) groups excluding carboxylic acids is 2. The van der Waals surface area contributed by atoms with E-state index in [-0.39, 0.29) is 11.8 Å². The molecule has 4 heteroatoms. The van der Waals surface area contributed by atoms with Crippen molar-refractivity contribution < 1.29 is 9.59 Å². The lowest BCUT2D eigenvalue weighted by molar-refractivity contribution is -0.132. The Kier molecular flexibility index (Phi) is 6.23. The maximum atomic E-state index is 12.9. The third kappa shape index (κ3) is 4.77. The molecule has 0 radical (unpaired) electrons. The van der Waals surface area contributed by atoms with Crippen LogP contribution in [0.25, 0.3) is 11.1 Å². The summed E-state index contributed by atoms with van der Waals surface area (Å²) in [6, 6.07) is 28.0. The third-order valence-corrected chi connectivity index (χ3v) is 5.63. The van der Waals surface area contributed by atoms with E-state index in [0.29, 0.717) is 38.2 Å². The highest BCUT2D eigenvalue weighted by molar-refractivity contribution is 5.95. The van der Waals surface area contributed by atoms with E-state index in [1.807, 2.05) is 82.6 Å². The van der Waals surface area contributed by atoms with Gasteiger partial charge < -0.3 is 9.80 Å². The van der Waals surface area contributed by atoms with Crippen molar-refractivity contribution in [2.24, 2.45) is 0 Å². The van der Waals surface area contributed by atoms with Gasteiger partial charge in [0, 0.05) is 38.2 Å². The molecule has 0 unspecified atom stereocenters. The Morgan fingerprint density at radius 1 is 0.633 bits per heavy atom. The van der Waals surface area contributed by atoms with E-state index < -0.39 is 0 Å². The molecule has 1 heterocycles. The predicted molar refractivity (Wildman–Crippen MR) is 119 cm³/mol. The fourth-order valence-corrected chi connectivity index (χ4v) is 3.83. The molecular formula is C26H26N2O2. The molecule has 0 atom stereocenters. The minimum absolute atomic E-state index is 0.0333. The average Bonchev–Trinajstić information content (AvgIpc) is 2.83. The highest BCUT2D eigenvalue weighted by atomic mass is 16.2. The molecule has 3 aromatic rings. The van der Waals surface area contributed by atoms with Gasteiger partial charge in [0.15, 0.2) is 0 Å². The standard InChI is InChI=1S/C26H26N2O2/c29-25(16-11-21-7-3-1-4-8-21)27-17-19-28(20-18-27)26(30)24-14-12-23(13-15-24)22-9-5-2-6-10-22/h1-10,12-15H,11,16-20H2. The summed E-state index contributed by atoms with van der Waals surface area (Å²) in [5.41, 5.74) is 4.11. The summed E-state index contributed by atoms with van der Waals surface area (Å²) in [5.74, 6) is 0.198. The van der Waals surface area contributed by atoms with Gasteiger partial charge >= 0.3 is 0 Å². The number of rotatable bonds is 5. The van der Waals surface area contributed by atoms with Crippen molar-refractivity contribution in [3.05, 3.63) is 96.1 Å². The van der Waals surface area contributed by atoms with Crippen LogP contribution in [0.2, 0.25) is 0 Å². The zero-order valence-corrected chi connectivity index (χ0v) is 17.0. The fraction of sp³-hybridized carbons (Fsp3) is 0.231. The summed E-state index contributed by atoms with van der Waals surface area (Å²) in [6.45, 7) is 2.36. The molecular weight excluding hydrogens is 372 g/mol. The van der Waals surface area contributed by atoms with Crippen LogP contribution in [0.15, 0.2) is 84.9 Å². The lowest BCUT2D eigenvalue weighted by atomic mass is 10.0. The van der Waals surface area contributed by atoms with Crippen LogP contribution in [-0.2, 0) is 11.2 Å². The Balaban J connectivity index is 1.29. The van der Waals surface area contributed by atoms with E-state index in [2.05, 4.69) is 12.1 Å². The summed E-state index contributed by atoms with van der Waals surface area (Å²) < 4.78 is 0. The number of nitrogens with zero attached hydrogens (tertiary/aromatic N) is 2.